The molecule has 0 aliphatic heterocycles. The van der Waals surface area contributed by atoms with Gasteiger partial charge in [0, 0.05) is 12.0 Å². The Labute approximate surface area is 147 Å². The lowest BCUT2D eigenvalue weighted by molar-refractivity contribution is -0.951. The molecule has 0 rings (SSSR count). The monoisotopic (exact) mass is 363 g/mol. The number of amides is 1. The molecule has 0 fully saturated rings. The fraction of sp³-hybridized carbons (Fsp3) is 0.824. The van der Waals surface area contributed by atoms with Crippen molar-refractivity contribution in [3.8, 4) is 0 Å². The zero-order valence-corrected chi connectivity index (χ0v) is 16.5. The Hall–Kier alpha value is -0.920. The van der Waals surface area contributed by atoms with Crippen LogP contribution < -0.4 is 5.32 Å². The third kappa shape index (κ3) is 8.80. The molecule has 1 unspecified atom stereocenters. The summed E-state index contributed by atoms with van der Waals surface area (Å²) in [5.74, 6) is -0.423. The first-order valence-electron chi connectivity index (χ1n) is 8.82. The first kappa shape index (κ1) is 23.1. The molecule has 1 amide bonds. The molecule has 0 aromatic rings. The Morgan fingerprint density at radius 1 is 1.21 bits per heavy atom. The maximum absolute atomic E-state index is 11.9. The van der Waals surface area contributed by atoms with E-state index in [2.05, 4.69) is 25.7 Å². The van der Waals surface area contributed by atoms with E-state index in [-0.39, 0.29) is 17.7 Å². The lowest BCUT2D eigenvalue weighted by atomic mass is 10.1. The minimum Gasteiger partial charge on any atom is -0.305 e. The first-order valence-corrected chi connectivity index (χ1v) is 10.4. The maximum atomic E-state index is 11.9. The number of carbonyl (C=O) groups is 1. The maximum Gasteiger partial charge on any atom is 0.265 e. The highest BCUT2D eigenvalue weighted by Crippen LogP contribution is 2.20. The Balaban J connectivity index is 5.28. The van der Waals surface area contributed by atoms with Crippen LogP contribution in [-0.2, 0) is 14.9 Å². The summed E-state index contributed by atoms with van der Waals surface area (Å²) in [5.41, 5.74) is 0.463. The topological polar surface area (TPSA) is 83.5 Å². The minimum absolute atomic E-state index is 0.0236. The fourth-order valence-corrected chi connectivity index (χ4v) is 3.42. The van der Waals surface area contributed by atoms with Crippen molar-refractivity contribution in [1.82, 2.24) is 5.32 Å². The van der Waals surface area contributed by atoms with E-state index >= 15 is 0 Å². The number of nitrogens with zero attached hydrogens (tertiary/aromatic N) is 1. The summed E-state index contributed by atoms with van der Waals surface area (Å²) in [6.45, 7) is 13.8. The largest absolute Gasteiger partial charge is 0.305 e. The van der Waals surface area contributed by atoms with Crippen molar-refractivity contribution in [3.63, 3.8) is 0 Å². The molecular formula is C17H35N2O4S+. The molecule has 7 heteroatoms. The van der Waals surface area contributed by atoms with Gasteiger partial charge in [-0.2, -0.15) is 8.42 Å². The van der Waals surface area contributed by atoms with Crippen LogP contribution in [0.4, 0.5) is 0 Å². The highest BCUT2D eigenvalue weighted by molar-refractivity contribution is 7.85. The van der Waals surface area contributed by atoms with E-state index in [9.17, 15) is 13.2 Å². The third-order valence-corrected chi connectivity index (χ3v) is 5.34. The summed E-state index contributed by atoms with van der Waals surface area (Å²) in [5, 5.41) is 2.94. The number of nitrogens with one attached hydrogen (secondary N) is 1. The summed E-state index contributed by atoms with van der Waals surface area (Å²) in [6.07, 6.45) is 4.44. The normalized spacial score (nSPS) is 13.5. The van der Waals surface area contributed by atoms with Crippen LogP contribution >= 0.6 is 0 Å². The van der Waals surface area contributed by atoms with Crippen LogP contribution in [0, 0.1) is 0 Å². The third-order valence-electron chi connectivity index (χ3n) is 4.58. The second-order valence-corrected chi connectivity index (χ2v) is 8.31. The predicted octanol–water partition coefficient (Wildman–Crippen LogP) is 2.72. The number of unbranched alkanes of at least 4 members (excludes halogenated alkanes) is 2. The Morgan fingerprint density at radius 3 is 2.08 bits per heavy atom. The number of rotatable bonds is 13. The highest BCUT2D eigenvalue weighted by atomic mass is 32.2. The van der Waals surface area contributed by atoms with Gasteiger partial charge in [0.1, 0.15) is 0 Å². The molecule has 0 aromatic carbocycles. The summed E-state index contributed by atoms with van der Waals surface area (Å²) >= 11 is 0. The second-order valence-electron chi connectivity index (χ2n) is 6.74. The van der Waals surface area contributed by atoms with Gasteiger partial charge in [0.25, 0.3) is 16.0 Å². The number of carbonyl (C=O) groups excluding carboxylic acids is 1. The van der Waals surface area contributed by atoms with Crippen LogP contribution in [0.1, 0.15) is 59.8 Å². The molecule has 0 spiro atoms. The van der Waals surface area contributed by atoms with Crippen LogP contribution in [0.5, 0.6) is 0 Å². The van der Waals surface area contributed by atoms with Gasteiger partial charge in [-0.15, -0.1) is 0 Å². The molecule has 0 aliphatic carbocycles. The first-order chi connectivity index (χ1) is 11.1. The van der Waals surface area contributed by atoms with Crippen molar-refractivity contribution in [3.05, 3.63) is 12.2 Å². The average Bonchev–Trinajstić information content (AvgIpc) is 2.51. The van der Waals surface area contributed by atoms with E-state index in [1.165, 1.54) is 0 Å². The molecule has 1 atom stereocenters. The van der Waals surface area contributed by atoms with Gasteiger partial charge >= 0.3 is 0 Å². The molecule has 2 N–H and O–H groups in total. The van der Waals surface area contributed by atoms with Gasteiger partial charge in [0.05, 0.1) is 24.9 Å². The molecule has 0 heterocycles. The second kappa shape index (κ2) is 10.8. The van der Waals surface area contributed by atoms with Crippen LogP contribution in [0.15, 0.2) is 12.2 Å². The number of hydrogen-bond acceptors (Lipinski definition) is 3. The van der Waals surface area contributed by atoms with Crippen molar-refractivity contribution >= 4 is 16.0 Å². The van der Waals surface area contributed by atoms with E-state index in [4.69, 9.17) is 4.55 Å². The van der Waals surface area contributed by atoms with Crippen molar-refractivity contribution in [2.24, 2.45) is 0 Å². The summed E-state index contributed by atoms with van der Waals surface area (Å²) in [4.78, 5) is 11.9. The molecule has 24 heavy (non-hydrogen) atoms. The SMILES string of the molecule is C=C(C)C(=O)NC[N+](CCCC)(CCCC)C(C)CCS(=O)(=O)O. The molecule has 0 saturated heterocycles. The average molecular weight is 364 g/mol. The molecule has 0 aliphatic rings. The molecule has 0 radical (unpaired) electrons. The van der Waals surface area contributed by atoms with Gasteiger partial charge in [-0.05, 0) is 26.7 Å². The van der Waals surface area contributed by atoms with E-state index in [0.29, 0.717) is 23.1 Å². The summed E-state index contributed by atoms with van der Waals surface area (Å²) in [6, 6.07) is 0.0236. The molecule has 0 aromatic heterocycles. The predicted molar refractivity (Wildman–Crippen MR) is 98.1 cm³/mol. The lowest BCUT2D eigenvalue weighted by Gasteiger charge is -2.44. The van der Waals surface area contributed by atoms with Crippen LogP contribution in [0.25, 0.3) is 0 Å². The van der Waals surface area contributed by atoms with Crippen molar-refractivity contribution in [2.45, 2.75) is 65.8 Å². The van der Waals surface area contributed by atoms with Crippen molar-refractivity contribution < 1.29 is 22.2 Å². The molecule has 6 nitrogen and oxygen atoms in total. The van der Waals surface area contributed by atoms with Crippen LogP contribution in [0.2, 0.25) is 0 Å². The van der Waals surface area contributed by atoms with E-state index in [1.807, 2.05) is 6.92 Å². The molecule has 142 valence electrons. The summed E-state index contributed by atoms with van der Waals surface area (Å²) in [7, 11) is -3.98. The molecule has 0 bridgehead atoms. The van der Waals surface area contributed by atoms with Crippen molar-refractivity contribution in [1.29, 1.82) is 0 Å². The standard InChI is InChI=1S/C17H34N2O4S/c1-6-8-11-19(12-9-7-2,14-18-17(20)15(3)4)16(5)10-13-24(21,22)23/h16H,3,6-14H2,1-2,4-5H3,(H-,18,20,21,22,23)/p+1. The van der Waals surface area contributed by atoms with Gasteiger partial charge in [-0.25, -0.2) is 0 Å². The molecular weight excluding hydrogens is 328 g/mol. The zero-order chi connectivity index (χ0) is 18.8. The van der Waals surface area contributed by atoms with Crippen molar-refractivity contribution in [2.75, 3.05) is 25.5 Å². The quantitative estimate of drug-likeness (QED) is 0.228. The fourth-order valence-electron chi connectivity index (χ4n) is 2.79. The number of quaternary nitrogens is 1. The van der Waals surface area contributed by atoms with Crippen LogP contribution in [-0.4, -0.2) is 54.9 Å². The molecule has 0 saturated carbocycles. The van der Waals surface area contributed by atoms with Gasteiger partial charge in [-0.3, -0.25) is 9.35 Å². The van der Waals surface area contributed by atoms with Gasteiger partial charge in [0.15, 0.2) is 6.67 Å². The van der Waals surface area contributed by atoms with Gasteiger partial charge in [-0.1, -0.05) is 33.3 Å². The minimum atomic E-state index is -3.98. The van der Waals surface area contributed by atoms with E-state index in [0.717, 1.165) is 38.8 Å². The van der Waals surface area contributed by atoms with Gasteiger partial charge < -0.3 is 9.80 Å². The highest BCUT2D eigenvalue weighted by Gasteiger charge is 2.34. The Kier molecular flexibility index (Phi) is 10.4. The Morgan fingerprint density at radius 2 is 1.71 bits per heavy atom. The zero-order valence-electron chi connectivity index (χ0n) is 15.7. The summed E-state index contributed by atoms with van der Waals surface area (Å²) < 4.78 is 31.9. The lowest BCUT2D eigenvalue weighted by Crippen LogP contribution is -2.60. The number of hydrogen-bond donors (Lipinski definition) is 2. The van der Waals surface area contributed by atoms with E-state index < -0.39 is 10.1 Å². The van der Waals surface area contributed by atoms with Crippen LogP contribution in [0.3, 0.4) is 0 Å². The smallest absolute Gasteiger partial charge is 0.265 e. The van der Waals surface area contributed by atoms with Gasteiger partial charge in [0.2, 0.25) is 0 Å². The van der Waals surface area contributed by atoms with E-state index in [1.54, 1.807) is 6.92 Å². The Bertz CT molecular complexity index is 495.